The van der Waals surface area contributed by atoms with Gasteiger partial charge >= 0.3 is 5.97 Å². The lowest BCUT2D eigenvalue weighted by Gasteiger charge is -2.01. The molecule has 0 amide bonds. The molecule has 1 aromatic rings. The quantitative estimate of drug-likeness (QED) is 0.636. The molecule has 1 aliphatic heterocycles. The van der Waals surface area contributed by atoms with E-state index in [1.807, 2.05) is 6.07 Å². The number of fused-ring (bicyclic) bond motifs is 1. The lowest BCUT2D eigenvalue weighted by Crippen LogP contribution is -2.01. The van der Waals surface area contributed by atoms with Gasteiger partial charge in [0.05, 0.1) is 30.7 Å². The topological polar surface area (TPSA) is 50.4 Å². The van der Waals surface area contributed by atoms with Crippen LogP contribution in [0.4, 0.5) is 11.4 Å². The van der Waals surface area contributed by atoms with E-state index < -0.39 is 0 Å². The number of rotatable bonds is 1. The predicted octanol–water partition coefficient (Wildman–Crippen LogP) is 1.27. The Morgan fingerprint density at radius 1 is 1.38 bits per heavy atom. The summed E-state index contributed by atoms with van der Waals surface area (Å²) in [6.07, 6.45) is 0. The van der Waals surface area contributed by atoms with Gasteiger partial charge in [0.25, 0.3) is 0 Å². The second-order valence-electron chi connectivity index (χ2n) is 2.78. The molecule has 0 atom stereocenters. The summed E-state index contributed by atoms with van der Waals surface area (Å²) in [5.74, 6) is -0.309. The first-order valence-corrected chi connectivity index (χ1v) is 4.01. The van der Waals surface area contributed by atoms with Crippen molar-refractivity contribution in [1.29, 1.82) is 0 Å². The summed E-state index contributed by atoms with van der Waals surface area (Å²) < 4.78 is 4.61. The number of carbonyl (C=O) groups is 1. The van der Waals surface area contributed by atoms with E-state index in [0.717, 1.165) is 11.4 Å². The fraction of sp³-hybridized carbons (Fsp3) is 0.222. The number of esters is 1. The summed E-state index contributed by atoms with van der Waals surface area (Å²) in [5.41, 5.74) is 2.54. The van der Waals surface area contributed by atoms with Crippen molar-refractivity contribution in [1.82, 2.24) is 0 Å². The average Bonchev–Trinajstić information content (AvgIpc) is 2.63. The van der Waals surface area contributed by atoms with E-state index in [1.165, 1.54) is 7.11 Å². The van der Waals surface area contributed by atoms with Gasteiger partial charge in [0.1, 0.15) is 0 Å². The maximum atomic E-state index is 11.1. The molecule has 1 aliphatic rings. The van der Waals surface area contributed by atoms with Crippen molar-refractivity contribution in [3.8, 4) is 0 Å². The SMILES string of the molecule is COC(=O)c1ccc2c(c1)NCN2. The third kappa shape index (κ3) is 1.30. The summed E-state index contributed by atoms with van der Waals surface area (Å²) in [6, 6.07) is 5.38. The van der Waals surface area contributed by atoms with E-state index in [1.54, 1.807) is 12.1 Å². The van der Waals surface area contributed by atoms with Crippen LogP contribution >= 0.6 is 0 Å². The first-order chi connectivity index (χ1) is 6.31. The zero-order valence-corrected chi connectivity index (χ0v) is 7.26. The first-order valence-electron chi connectivity index (χ1n) is 4.01. The lowest BCUT2D eigenvalue weighted by molar-refractivity contribution is 0.0601. The van der Waals surface area contributed by atoms with Crippen LogP contribution in [0.2, 0.25) is 0 Å². The highest BCUT2D eigenvalue weighted by atomic mass is 16.5. The molecule has 0 saturated heterocycles. The number of methoxy groups -OCH3 is 1. The summed E-state index contributed by atoms with van der Waals surface area (Å²) >= 11 is 0. The third-order valence-corrected chi connectivity index (χ3v) is 2.00. The van der Waals surface area contributed by atoms with Crippen LogP contribution in [0, 0.1) is 0 Å². The second kappa shape index (κ2) is 2.97. The summed E-state index contributed by atoms with van der Waals surface area (Å²) in [6.45, 7) is 0.708. The molecule has 13 heavy (non-hydrogen) atoms. The zero-order chi connectivity index (χ0) is 9.26. The summed E-state index contributed by atoms with van der Waals surface area (Å²) in [7, 11) is 1.38. The van der Waals surface area contributed by atoms with Gasteiger partial charge in [-0.25, -0.2) is 4.79 Å². The van der Waals surface area contributed by atoms with E-state index in [9.17, 15) is 4.79 Å². The van der Waals surface area contributed by atoms with E-state index in [4.69, 9.17) is 0 Å². The number of carbonyl (C=O) groups excluding carboxylic acids is 1. The van der Waals surface area contributed by atoms with Crippen molar-refractivity contribution in [2.45, 2.75) is 0 Å². The van der Waals surface area contributed by atoms with Gasteiger partial charge < -0.3 is 15.4 Å². The Balaban J connectivity index is 2.36. The molecular formula is C9H10N2O2. The molecule has 0 unspecified atom stereocenters. The molecule has 0 bridgehead atoms. The normalized spacial score (nSPS) is 12.7. The van der Waals surface area contributed by atoms with Crippen LogP contribution in [0.1, 0.15) is 10.4 Å². The highest BCUT2D eigenvalue weighted by Crippen LogP contribution is 2.26. The number of nitrogens with one attached hydrogen (secondary N) is 2. The molecule has 4 heteroatoms. The molecule has 2 N–H and O–H groups in total. The Labute approximate surface area is 75.9 Å². The van der Waals surface area contributed by atoms with Gasteiger partial charge in [-0.05, 0) is 18.2 Å². The fourth-order valence-electron chi connectivity index (χ4n) is 1.32. The van der Waals surface area contributed by atoms with Gasteiger partial charge in [0.15, 0.2) is 0 Å². The first kappa shape index (κ1) is 7.91. The number of anilines is 2. The van der Waals surface area contributed by atoms with Gasteiger partial charge in [-0.1, -0.05) is 0 Å². The molecular weight excluding hydrogens is 168 g/mol. The van der Waals surface area contributed by atoms with Gasteiger partial charge in [0, 0.05) is 0 Å². The Kier molecular flexibility index (Phi) is 1.81. The minimum Gasteiger partial charge on any atom is -0.465 e. The molecule has 0 spiro atoms. The van der Waals surface area contributed by atoms with Gasteiger partial charge in [-0.3, -0.25) is 0 Å². The lowest BCUT2D eigenvalue weighted by atomic mass is 10.2. The Hall–Kier alpha value is -1.71. The highest BCUT2D eigenvalue weighted by Gasteiger charge is 2.12. The van der Waals surface area contributed by atoms with Crippen LogP contribution in [0.5, 0.6) is 0 Å². The van der Waals surface area contributed by atoms with Crippen molar-refractivity contribution in [3.05, 3.63) is 23.8 Å². The van der Waals surface area contributed by atoms with Gasteiger partial charge in [-0.15, -0.1) is 0 Å². The van der Waals surface area contributed by atoms with Crippen molar-refractivity contribution in [2.24, 2.45) is 0 Å². The molecule has 0 saturated carbocycles. The maximum Gasteiger partial charge on any atom is 0.337 e. The Morgan fingerprint density at radius 2 is 2.15 bits per heavy atom. The van der Waals surface area contributed by atoms with Gasteiger partial charge in [-0.2, -0.15) is 0 Å². The monoisotopic (exact) mass is 178 g/mol. The average molecular weight is 178 g/mol. The third-order valence-electron chi connectivity index (χ3n) is 2.00. The molecule has 2 rings (SSSR count). The van der Waals surface area contributed by atoms with Crippen LogP contribution < -0.4 is 10.6 Å². The standard InChI is InChI=1S/C9H10N2O2/c1-13-9(12)6-2-3-7-8(4-6)11-5-10-7/h2-4,10-11H,5H2,1H3. The van der Waals surface area contributed by atoms with E-state index >= 15 is 0 Å². The van der Waals surface area contributed by atoms with Crippen LogP contribution in [-0.2, 0) is 4.74 Å². The Morgan fingerprint density at radius 3 is 2.92 bits per heavy atom. The smallest absolute Gasteiger partial charge is 0.337 e. The second-order valence-corrected chi connectivity index (χ2v) is 2.78. The van der Waals surface area contributed by atoms with Crippen LogP contribution in [0.15, 0.2) is 18.2 Å². The van der Waals surface area contributed by atoms with Crippen molar-refractivity contribution >= 4 is 17.3 Å². The number of hydrogen-bond donors (Lipinski definition) is 2. The maximum absolute atomic E-state index is 11.1. The minimum absolute atomic E-state index is 0.309. The minimum atomic E-state index is -0.309. The largest absolute Gasteiger partial charge is 0.465 e. The molecule has 0 radical (unpaired) electrons. The molecule has 0 fully saturated rings. The van der Waals surface area contributed by atoms with E-state index in [-0.39, 0.29) is 5.97 Å². The summed E-state index contributed by atoms with van der Waals surface area (Å²) in [4.78, 5) is 11.1. The molecule has 68 valence electrons. The molecule has 1 aromatic carbocycles. The van der Waals surface area contributed by atoms with Crippen molar-refractivity contribution in [2.75, 3.05) is 24.4 Å². The zero-order valence-electron chi connectivity index (χ0n) is 7.26. The van der Waals surface area contributed by atoms with E-state index in [0.29, 0.717) is 12.2 Å². The number of ether oxygens (including phenoxy) is 1. The molecule has 0 aliphatic carbocycles. The van der Waals surface area contributed by atoms with Gasteiger partial charge in [0.2, 0.25) is 0 Å². The fourth-order valence-corrected chi connectivity index (χ4v) is 1.32. The van der Waals surface area contributed by atoms with Crippen LogP contribution in [-0.4, -0.2) is 19.7 Å². The van der Waals surface area contributed by atoms with Crippen molar-refractivity contribution < 1.29 is 9.53 Å². The highest BCUT2D eigenvalue weighted by molar-refractivity contribution is 5.92. The van der Waals surface area contributed by atoms with Crippen LogP contribution in [0.25, 0.3) is 0 Å². The number of benzene rings is 1. The predicted molar refractivity (Wildman–Crippen MR) is 49.9 cm³/mol. The summed E-state index contributed by atoms with van der Waals surface area (Å²) in [5, 5.41) is 6.22. The van der Waals surface area contributed by atoms with Crippen LogP contribution in [0.3, 0.4) is 0 Å². The number of hydrogen-bond acceptors (Lipinski definition) is 4. The Bertz CT molecular complexity index is 349. The molecule has 4 nitrogen and oxygen atoms in total. The van der Waals surface area contributed by atoms with E-state index in [2.05, 4.69) is 15.4 Å². The molecule has 0 aromatic heterocycles. The molecule has 1 heterocycles. The van der Waals surface area contributed by atoms with Crippen molar-refractivity contribution in [3.63, 3.8) is 0 Å².